The molecule has 5 saturated carbocycles. The van der Waals surface area contributed by atoms with Gasteiger partial charge in [-0.2, -0.15) is 10.2 Å². The molecule has 0 bridgehead atoms. The average Bonchev–Trinajstić information content (AvgIpc) is 1.58. The van der Waals surface area contributed by atoms with Crippen LogP contribution in [0.15, 0.2) is 134 Å². The molecule has 3 N–H and O–H groups in total. The van der Waals surface area contributed by atoms with E-state index in [0.717, 1.165) is 73.6 Å². The van der Waals surface area contributed by atoms with Crippen LogP contribution in [0.2, 0.25) is 0 Å². The molecule has 2 aliphatic heterocycles. The topological polar surface area (TPSA) is 358 Å². The molecular weight excluding hydrogens is 1580 g/mol. The molecule has 660 valence electrons. The standard InChI is InChI=1S/C24H30N4O5.C23H28N4O5.C17H23NO4.C16H21NO4.C12H15NO2/c1-23(2,3)33-22(31)27-12-13-28-19(15-27)18(14-25-28)20(29)26(4)24(10-11-24)17-8-6-16(7-9-17)21(30)32-5;1-22(2,3)32-21(31)26-11-12-27-18(14-26)17(13-24-27)19(28)25(4)23(9-10-23)16-7-5-15(6-8-16)20(29)30;1-16(2,3)22-15(20)18(4)17(9-10-17)13-8-6-7-12(11-13)14(19)21-5;1-15(2,3)21-14(19)17-16(9-10-16)12-7-5-11(6-8-12)13(18)20-4;1-13-12(7-8-12)10-5-3-9(4-6-10)11(14)15-2/h6-9,14H,10-13,15H2,1-5H3;5-8,13H,9-12,14H2,1-4H3,(H,29,30);6-8,11H,9-10H2,1-5H3;5-8H,9-10H2,1-4H3,(H,17,19);3-6,13H,7-8H2,1-2H3. The monoisotopic (exact) mass is 1700 g/mol. The fourth-order valence-electron chi connectivity index (χ4n) is 14.9. The van der Waals surface area contributed by atoms with Gasteiger partial charge in [-0.25, -0.2) is 43.2 Å². The second kappa shape index (κ2) is 36.9. The summed E-state index contributed by atoms with van der Waals surface area (Å²) >= 11 is 0. The van der Waals surface area contributed by atoms with Gasteiger partial charge in [-0.05, 0) is 243 Å². The zero-order valence-corrected chi connectivity index (χ0v) is 74.2. The third kappa shape index (κ3) is 22.4. The van der Waals surface area contributed by atoms with Gasteiger partial charge in [0.2, 0.25) is 0 Å². The Kier molecular flexibility index (Phi) is 27.9. The van der Waals surface area contributed by atoms with Gasteiger partial charge in [-0.3, -0.25) is 19.0 Å². The Bertz CT molecular complexity index is 5050. The van der Waals surface area contributed by atoms with Crippen molar-refractivity contribution in [3.63, 3.8) is 0 Å². The summed E-state index contributed by atoms with van der Waals surface area (Å²) < 4.78 is 44.1. The summed E-state index contributed by atoms with van der Waals surface area (Å²) in [6.07, 6.45) is 10.6. The Balaban J connectivity index is 0.000000165. The van der Waals surface area contributed by atoms with Crippen molar-refractivity contribution in [1.29, 1.82) is 0 Å². The molecule has 2 aromatic heterocycles. The molecule has 123 heavy (non-hydrogen) atoms. The minimum Gasteiger partial charge on any atom is -0.478 e. The highest BCUT2D eigenvalue weighted by Gasteiger charge is 2.54. The predicted molar refractivity (Wildman–Crippen MR) is 453 cm³/mol. The van der Waals surface area contributed by atoms with Gasteiger partial charge in [0, 0.05) is 39.8 Å². The minimum absolute atomic E-state index is 0.142. The third-order valence-corrected chi connectivity index (χ3v) is 22.6. The smallest absolute Gasteiger partial charge is 0.410 e. The van der Waals surface area contributed by atoms with Crippen LogP contribution in [0.5, 0.6) is 0 Å². The summed E-state index contributed by atoms with van der Waals surface area (Å²) in [5.41, 5.74) is 5.98. The maximum Gasteiger partial charge on any atom is 0.410 e. The molecular formula is C92H117N11O20. The fourth-order valence-corrected chi connectivity index (χ4v) is 14.9. The van der Waals surface area contributed by atoms with Crippen LogP contribution < -0.4 is 10.6 Å². The number of benzene rings is 5. The van der Waals surface area contributed by atoms with E-state index < -0.39 is 63.7 Å². The number of ether oxygens (including phenoxy) is 8. The van der Waals surface area contributed by atoms with Gasteiger partial charge < -0.3 is 78.1 Å². The second-order valence-corrected chi connectivity index (χ2v) is 35.8. The van der Waals surface area contributed by atoms with Crippen molar-refractivity contribution in [2.75, 3.05) is 69.7 Å². The number of hydrogen-bond acceptors (Lipinski definition) is 22. The van der Waals surface area contributed by atoms with E-state index in [1.807, 2.05) is 151 Å². The fraction of sp³-hybridized carbons (Fsp3) is 0.489. The molecule has 0 saturated heterocycles. The Labute approximate surface area is 718 Å². The average molecular weight is 1700 g/mol. The van der Waals surface area contributed by atoms with Gasteiger partial charge in [0.25, 0.3) is 11.8 Å². The quantitative estimate of drug-likeness (QED) is 0.0563. The second-order valence-electron chi connectivity index (χ2n) is 35.8. The van der Waals surface area contributed by atoms with E-state index in [-0.39, 0.29) is 71.1 Å². The molecule has 7 aromatic rings. The first-order valence-corrected chi connectivity index (χ1v) is 41.1. The van der Waals surface area contributed by atoms with Crippen molar-refractivity contribution in [1.82, 2.24) is 54.7 Å². The van der Waals surface area contributed by atoms with Crippen molar-refractivity contribution >= 4 is 66.0 Å². The van der Waals surface area contributed by atoms with E-state index in [9.17, 15) is 52.7 Å². The molecule has 5 aliphatic carbocycles. The first-order valence-electron chi connectivity index (χ1n) is 41.1. The zero-order chi connectivity index (χ0) is 90.3. The van der Waals surface area contributed by atoms with E-state index >= 15 is 0 Å². The van der Waals surface area contributed by atoms with E-state index in [1.165, 1.54) is 46.8 Å². The van der Waals surface area contributed by atoms with Crippen LogP contribution in [0, 0.1) is 0 Å². The summed E-state index contributed by atoms with van der Waals surface area (Å²) in [6.45, 7) is 24.4. The largest absolute Gasteiger partial charge is 0.478 e. The first kappa shape index (κ1) is 93.1. The van der Waals surface area contributed by atoms with Gasteiger partial charge in [0.05, 0.1) is 139 Å². The third-order valence-electron chi connectivity index (χ3n) is 22.6. The number of carbonyl (C=O) groups is 11. The molecule has 4 heterocycles. The molecule has 31 nitrogen and oxygen atoms in total. The highest BCUT2D eigenvalue weighted by molar-refractivity contribution is 5.97. The molecule has 0 unspecified atom stereocenters. The number of esters is 4. The molecule has 5 fully saturated rings. The number of amides is 6. The number of nitrogens with one attached hydrogen (secondary N) is 2. The summed E-state index contributed by atoms with van der Waals surface area (Å²) in [4.78, 5) is 142. The van der Waals surface area contributed by atoms with E-state index in [2.05, 4.69) is 30.3 Å². The van der Waals surface area contributed by atoms with E-state index in [1.54, 1.807) is 128 Å². The molecule has 7 aliphatic rings. The van der Waals surface area contributed by atoms with Crippen molar-refractivity contribution in [3.05, 3.63) is 212 Å². The highest BCUT2D eigenvalue weighted by atomic mass is 16.6. The van der Waals surface area contributed by atoms with Crippen LogP contribution in [-0.4, -0.2) is 207 Å². The van der Waals surface area contributed by atoms with Crippen LogP contribution in [0.4, 0.5) is 19.2 Å². The Morgan fingerprint density at radius 3 is 1.05 bits per heavy atom. The van der Waals surface area contributed by atoms with Crippen LogP contribution in [0.3, 0.4) is 0 Å². The van der Waals surface area contributed by atoms with Crippen LogP contribution in [0.1, 0.15) is 259 Å². The van der Waals surface area contributed by atoms with Crippen LogP contribution >= 0.6 is 0 Å². The summed E-state index contributed by atoms with van der Waals surface area (Å²) in [7, 11) is 12.7. The lowest BCUT2D eigenvalue weighted by atomic mass is 10.0. The lowest BCUT2D eigenvalue weighted by molar-refractivity contribution is 0.0180. The number of aromatic nitrogens is 4. The number of rotatable bonds is 17. The van der Waals surface area contributed by atoms with Gasteiger partial charge in [0.15, 0.2) is 0 Å². The highest BCUT2D eigenvalue weighted by Crippen LogP contribution is 2.54. The molecule has 0 radical (unpaired) electrons. The summed E-state index contributed by atoms with van der Waals surface area (Å²) in [5, 5.41) is 24.1. The number of alkyl carbamates (subject to hydrolysis) is 1. The normalized spacial score (nSPS) is 16.5. The molecule has 6 amide bonds. The Morgan fingerprint density at radius 2 is 0.724 bits per heavy atom. The van der Waals surface area contributed by atoms with Crippen LogP contribution in [0.25, 0.3) is 0 Å². The van der Waals surface area contributed by atoms with Crippen molar-refractivity contribution in [2.24, 2.45) is 0 Å². The molecule has 5 aromatic carbocycles. The SMILES string of the molecule is CN(C(=O)c1cnn2c1CN(C(=O)OC(C)(C)C)CC2)C1(c2ccc(C(=O)O)cc2)CC1.CNC1(c2ccc(C(=O)OC)cc2)CC1.COC(=O)c1ccc(C2(N(C)C(=O)c3cnn4c3CN(C(=O)OC(C)(C)C)CC4)CC2)cc1.COC(=O)c1ccc(C2(NC(=O)OC(C)(C)C)CC2)cc1.COC(=O)c1cccc(C2(N(C)C(=O)OC(C)(C)C)CC2)c1. The van der Waals surface area contributed by atoms with Crippen molar-refractivity contribution < 1.29 is 95.7 Å². The van der Waals surface area contributed by atoms with Gasteiger partial charge in [-0.15, -0.1) is 0 Å². The van der Waals surface area contributed by atoms with Gasteiger partial charge in [-0.1, -0.05) is 60.7 Å². The van der Waals surface area contributed by atoms with E-state index in [0.29, 0.717) is 70.9 Å². The number of aromatic carboxylic acids is 1. The van der Waals surface area contributed by atoms with Crippen molar-refractivity contribution in [3.8, 4) is 0 Å². The minimum atomic E-state index is -0.980. The maximum atomic E-state index is 13.5. The number of carboxylic acids is 1. The molecule has 0 atom stereocenters. The molecule has 0 spiro atoms. The lowest BCUT2D eigenvalue weighted by Gasteiger charge is -2.32. The van der Waals surface area contributed by atoms with E-state index in [4.69, 9.17) is 33.5 Å². The number of nitrogens with zero attached hydrogens (tertiary/aromatic N) is 9. The number of hydrogen-bond donors (Lipinski definition) is 3. The Morgan fingerprint density at radius 1 is 0.390 bits per heavy atom. The Hall–Kier alpha value is -12.2. The first-order chi connectivity index (χ1) is 57.7. The number of fused-ring (bicyclic) bond motifs is 2. The molecule has 14 rings (SSSR count). The summed E-state index contributed by atoms with van der Waals surface area (Å²) in [6, 6.07) is 35.8. The van der Waals surface area contributed by atoms with Crippen LogP contribution in [-0.2, 0) is 91.8 Å². The maximum absolute atomic E-state index is 13.5. The number of carbonyl (C=O) groups excluding carboxylic acids is 10. The zero-order valence-electron chi connectivity index (χ0n) is 74.2. The predicted octanol–water partition coefficient (Wildman–Crippen LogP) is 14.3. The number of carboxylic acid groups (broad SMARTS) is 1. The lowest BCUT2D eigenvalue weighted by Crippen LogP contribution is -2.43. The molecule has 31 heteroatoms. The van der Waals surface area contributed by atoms with Gasteiger partial charge in [0.1, 0.15) is 22.4 Å². The van der Waals surface area contributed by atoms with Crippen molar-refractivity contribution in [2.45, 2.75) is 224 Å². The summed E-state index contributed by atoms with van der Waals surface area (Å²) in [5.74, 6) is -2.71. The van der Waals surface area contributed by atoms with Gasteiger partial charge >= 0.3 is 54.2 Å². The number of methoxy groups -OCH3 is 4.